The molecule has 1 aromatic rings. The zero-order chi connectivity index (χ0) is 19.2. The number of hydrogen-bond donors (Lipinski definition) is 0. The molecule has 28 heavy (non-hydrogen) atoms. The molecule has 5 fully saturated rings. The Morgan fingerprint density at radius 3 is 2.68 bits per heavy atom. The van der Waals surface area contributed by atoms with Crippen molar-refractivity contribution in [3.8, 4) is 0 Å². The first-order chi connectivity index (χ1) is 13.7. The van der Waals surface area contributed by atoms with Crippen LogP contribution in [0, 0.1) is 22.7 Å². The Labute approximate surface area is 165 Å². The van der Waals surface area contributed by atoms with Gasteiger partial charge in [0.1, 0.15) is 12.1 Å². The van der Waals surface area contributed by atoms with Crippen molar-refractivity contribution in [1.82, 2.24) is 0 Å². The van der Waals surface area contributed by atoms with Gasteiger partial charge >= 0.3 is 0 Å². The first kappa shape index (κ1) is 18.5. The molecule has 1 spiro atoms. The first-order valence-electron chi connectivity index (χ1n) is 10.5. The molecular formula is C23H28O5. The standard InChI is InChI=1S/C23H28O5/c24-16-21-13-18-11-19(12-20(21)25)22(21,23(14-18)27-9-10-28-23)7-4-8-26-15-17-5-2-1-3-6-17/h1-3,5-6,16,18-19H,4,7-15H2/t18?,19-,21-,22-/m0/s1. The van der Waals surface area contributed by atoms with E-state index in [1.54, 1.807) is 0 Å². The molecule has 0 N–H and O–H groups in total. The van der Waals surface area contributed by atoms with Gasteiger partial charge in [-0.15, -0.1) is 0 Å². The molecule has 1 heterocycles. The lowest BCUT2D eigenvalue weighted by Gasteiger charge is -2.63. The first-order valence-corrected chi connectivity index (χ1v) is 10.5. The summed E-state index contributed by atoms with van der Waals surface area (Å²) in [5, 5.41) is 0. The molecule has 0 amide bonds. The van der Waals surface area contributed by atoms with E-state index in [0.29, 0.717) is 45.2 Å². The van der Waals surface area contributed by atoms with E-state index in [1.807, 2.05) is 18.2 Å². The predicted molar refractivity (Wildman–Crippen MR) is 101 cm³/mol. The second-order valence-corrected chi connectivity index (χ2v) is 8.99. The smallest absolute Gasteiger partial charge is 0.175 e. The Balaban J connectivity index is 1.36. The number of ether oxygens (including phenoxy) is 3. The minimum Gasteiger partial charge on any atom is -0.377 e. The fourth-order valence-electron chi connectivity index (χ4n) is 6.97. The van der Waals surface area contributed by atoms with Gasteiger partial charge in [-0.3, -0.25) is 4.79 Å². The van der Waals surface area contributed by atoms with Crippen molar-refractivity contribution >= 4 is 12.1 Å². The van der Waals surface area contributed by atoms with Crippen LogP contribution in [0.15, 0.2) is 30.3 Å². The van der Waals surface area contributed by atoms with Gasteiger partial charge in [-0.05, 0) is 43.1 Å². The molecule has 4 aliphatic carbocycles. The summed E-state index contributed by atoms with van der Waals surface area (Å²) in [5.74, 6) is -0.120. The van der Waals surface area contributed by atoms with Gasteiger partial charge in [0.2, 0.25) is 0 Å². The molecule has 1 aromatic carbocycles. The van der Waals surface area contributed by atoms with Crippen LogP contribution in [0.2, 0.25) is 0 Å². The number of carbonyl (C=O) groups is 2. The summed E-state index contributed by atoms with van der Waals surface area (Å²) >= 11 is 0. The van der Waals surface area contributed by atoms with Crippen molar-refractivity contribution in [2.75, 3.05) is 19.8 Å². The number of Topliss-reactive ketones (excluding diaryl/α,β-unsaturated/α-hetero) is 1. The highest BCUT2D eigenvalue weighted by atomic mass is 16.7. The van der Waals surface area contributed by atoms with E-state index in [0.717, 1.165) is 37.5 Å². The van der Waals surface area contributed by atoms with Crippen molar-refractivity contribution in [2.24, 2.45) is 22.7 Å². The average Bonchev–Trinajstić information content (AvgIpc) is 3.22. The lowest BCUT2D eigenvalue weighted by Crippen LogP contribution is -2.68. The van der Waals surface area contributed by atoms with E-state index in [4.69, 9.17) is 14.2 Å². The zero-order valence-corrected chi connectivity index (χ0v) is 16.2. The van der Waals surface area contributed by atoms with Gasteiger partial charge in [0.15, 0.2) is 5.79 Å². The Bertz CT molecular complexity index is 756. The number of ketones is 1. The third kappa shape index (κ3) is 2.36. The fourth-order valence-corrected chi connectivity index (χ4v) is 6.97. The normalized spacial score (nSPS) is 37.6. The summed E-state index contributed by atoms with van der Waals surface area (Å²) in [7, 11) is 0. The molecule has 0 radical (unpaired) electrons. The zero-order valence-electron chi connectivity index (χ0n) is 16.2. The van der Waals surface area contributed by atoms with E-state index in [2.05, 4.69) is 12.1 Å². The molecule has 4 atom stereocenters. The van der Waals surface area contributed by atoms with Crippen LogP contribution < -0.4 is 0 Å². The number of carbonyl (C=O) groups excluding carboxylic acids is 2. The second-order valence-electron chi connectivity index (χ2n) is 8.99. The van der Waals surface area contributed by atoms with Crippen LogP contribution in [0.5, 0.6) is 0 Å². The minimum atomic E-state index is -0.928. The van der Waals surface area contributed by atoms with Crippen LogP contribution in [0.25, 0.3) is 0 Å². The lowest BCUT2D eigenvalue weighted by atomic mass is 9.43. The van der Waals surface area contributed by atoms with E-state index in [9.17, 15) is 9.59 Å². The maximum atomic E-state index is 13.0. The van der Waals surface area contributed by atoms with Gasteiger partial charge in [0.25, 0.3) is 0 Å². The van der Waals surface area contributed by atoms with E-state index in [1.165, 1.54) is 0 Å². The third-order valence-electron chi connectivity index (χ3n) is 7.81. The monoisotopic (exact) mass is 384 g/mol. The number of aldehydes is 1. The highest BCUT2D eigenvalue weighted by Crippen LogP contribution is 2.75. The Kier molecular flexibility index (Phi) is 4.45. The molecule has 1 saturated heterocycles. The third-order valence-corrected chi connectivity index (χ3v) is 7.81. The van der Waals surface area contributed by atoms with Crippen LogP contribution >= 0.6 is 0 Å². The molecule has 5 nitrogen and oxygen atoms in total. The van der Waals surface area contributed by atoms with Gasteiger partial charge in [-0.25, -0.2) is 0 Å². The van der Waals surface area contributed by atoms with Crippen LogP contribution in [0.4, 0.5) is 0 Å². The molecule has 4 saturated carbocycles. The van der Waals surface area contributed by atoms with E-state index >= 15 is 0 Å². The van der Waals surface area contributed by atoms with Crippen LogP contribution in [-0.2, 0) is 30.4 Å². The Morgan fingerprint density at radius 2 is 1.93 bits per heavy atom. The molecule has 5 aliphatic rings. The lowest BCUT2D eigenvalue weighted by molar-refractivity contribution is -0.324. The number of rotatable bonds is 7. The van der Waals surface area contributed by atoms with Crippen molar-refractivity contribution in [3.05, 3.63) is 35.9 Å². The molecule has 0 aromatic heterocycles. The van der Waals surface area contributed by atoms with Gasteiger partial charge in [-0.2, -0.15) is 0 Å². The highest BCUT2D eigenvalue weighted by Gasteiger charge is 2.80. The van der Waals surface area contributed by atoms with Crippen LogP contribution in [0.3, 0.4) is 0 Å². The molecular weight excluding hydrogens is 356 g/mol. The van der Waals surface area contributed by atoms with E-state index < -0.39 is 16.6 Å². The van der Waals surface area contributed by atoms with Crippen LogP contribution in [0.1, 0.15) is 44.1 Å². The minimum absolute atomic E-state index is 0.110. The molecule has 5 heteroatoms. The van der Waals surface area contributed by atoms with E-state index in [-0.39, 0.29) is 11.7 Å². The highest BCUT2D eigenvalue weighted by molar-refractivity contribution is 6.02. The summed E-state index contributed by atoms with van der Waals surface area (Å²) in [6.45, 7) is 2.28. The van der Waals surface area contributed by atoms with Crippen molar-refractivity contribution in [3.63, 3.8) is 0 Å². The predicted octanol–water partition coefficient (Wildman–Crippen LogP) is 3.30. The molecule has 1 unspecified atom stereocenters. The Hall–Kier alpha value is -1.56. The summed E-state index contributed by atoms with van der Waals surface area (Å²) in [6, 6.07) is 10.1. The van der Waals surface area contributed by atoms with Gasteiger partial charge in [0.05, 0.1) is 25.2 Å². The largest absolute Gasteiger partial charge is 0.377 e. The molecule has 1 aliphatic heterocycles. The molecule has 4 bridgehead atoms. The summed E-state index contributed by atoms with van der Waals surface area (Å²) in [6.07, 6.45) is 5.49. The van der Waals surface area contributed by atoms with Crippen molar-refractivity contribution in [2.45, 2.75) is 50.9 Å². The number of benzene rings is 1. The summed E-state index contributed by atoms with van der Waals surface area (Å²) in [5.41, 5.74) is -0.305. The van der Waals surface area contributed by atoms with Gasteiger partial charge in [0, 0.05) is 24.9 Å². The van der Waals surface area contributed by atoms with Crippen molar-refractivity contribution in [1.29, 1.82) is 0 Å². The quantitative estimate of drug-likeness (QED) is 0.410. The van der Waals surface area contributed by atoms with Crippen LogP contribution in [-0.4, -0.2) is 37.7 Å². The summed E-state index contributed by atoms with van der Waals surface area (Å²) in [4.78, 5) is 25.4. The van der Waals surface area contributed by atoms with Crippen molar-refractivity contribution < 1.29 is 23.8 Å². The molecule has 6 rings (SSSR count). The summed E-state index contributed by atoms with van der Waals surface area (Å²) < 4.78 is 18.3. The maximum Gasteiger partial charge on any atom is 0.175 e. The molecule has 150 valence electrons. The second kappa shape index (κ2) is 6.75. The topological polar surface area (TPSA) is 61.8 Å². The number of hydrogen-bond acceptors (Lipinski definition) is 5. The van der Waals surface area contributed by atoms with Gasteiger partial charge < -0.3 is 19.0 Å². The SMILES string of the molecule is O=C[C@@]12CC3C[C@@H](CC1=O)[C@]2(CCCOCc1ccccc1)C1(C3)OCCO1. The fraction of sp³-hybridized carbons (Fsp3) is 0.652. The maximum absolute atomic E-state index is 13.0. The van der Waals surface area contributed by atoms with Gasteiger partial charge in [-0.1, -0.05) is 30.3 Å². The Morgan fingerprint density at radius 1 is 1.14 bits per heavy atom. The average molecular weight is 384 g/mol.